The second kappa shape index (κ2) is 7.66. The van der Waals surface area contributed by atoms with Crippen LogP contribution in [-0.4, -0.2) is 38.5 Å². The Morgan fingerprint density at radius 3 is 2.46 bits per heavy atom. The maximum absolute atomic E-state index is 12.6. The Balaban J connectivity index is 1.92. The number of carbonyl (C=O) groups excluding carboxylic acids is 2. The summed E-state index contributed by atoms with van der Waals surface area (Å²) in [6.45, 7) is 1.78. The Kier molecular flexibility index (Phi) is 5.12. The highest BCUT2D eigenvalue weighted by Gasteiger charge is 2.20. The normalized spacial score (nSPS) is 10.4. The topological polar surface area (TPSA) is 132 Å². The fraction of sp³-hybridized carbons (Fsp3) is 0.111. The number of nitro benzene ring substituents is 1. The van der Waals surface area contributed by atoms with Gasteiger partial charge in [0.1, 0.15) is 18.3 Å². The van der Waals surface area contributed by atoms with Crippen LogP contribution in [0.15, 0.2) is 49.1 Å². The van der Waals surface area contributed by atoms with Gasteiger partial charge >= 0.3 is 0 Å². The van der Waals surface area contributed by atoms with E-state index >= 15 is 0 Å². The van der Waals surface area contributed by atoms with Crippen molar-refractivity contribution in [3.8, 4) is 5.69 Å². The molecule has 2 aromatic carbocycles. The largest absolute Gasteiger partial charge is 0.355 e. The van der Waals surface area contributed by atoms with Crippen LogP contribution in [0.2, 0.25) is 0 Å². The molecule has 0 aliphatic heterocycles. The molecule has 0 atom stereocenters. The van der Waals surface area contributed by atoms with E-state index in [9.17, 15) is 19.7 Å². The van der Waals surface area contributed by atoms with E-state index in [0.29, 0.717) is 11.3 Å². The van der Waals surface area contributed by atoms with Crippen LogP contribution in [0.5, 0.6) is 0 Å². The SMILES string of the molecule is CNC(=O)c1ccc(C)c(NC(=O)c2ccc(-n3cncn3)c([N+](=O)[O-])c2)c1. The minimum atomic E-state index is -0.592. The summed E-state index contributed by atoms with van der Waals surface area (Å²) >= 11 is 0. The van der Waals surface area contributed by atoms with Crippen LogP contribution in [0.25, 0.3) is 5.69 Å². The summed E-state index contributed by atoms with van der Waals surface area (Å²) in [7, 11) is 1.51. The first-order valence-corrected chi connectivity index (χ1v) is 8.18. The van der Waals surface area contributed by atoms with E-state index in [1.54, 1.807) is 25.1 Å². The zero-order valence-corrected chi connectivity index (χ0v) is 15.0. The maximum atomic E-state index is 12.6. The molecule has 2 N–H and O–H groups in total. The molecule has 0 aliphatic carbocycles. The molecule has 0 spiro atoms. The van der Waals surface area contributed by atoms with Gasteiger partial charge in [-0.2, -0.15) is 5.10 Å². The predicted molar refractivity (Wildman–Crippen MR) is 101 cm³/mol. The van der Waals surface area contributed by atoms with Gasteiger partial charge in [0, 0.05) is 29.9 Å². The molecule has 0 saturated carbocycles. The zero-order valence-electron chi connectivity index (χ0n) is 15.0. The quantitative estimate of drug-likeness (QED) is 0.514. The van der Waals surface area contributed by atoms with Crippen LogP contribution in [0.1, 0.15) is 26.3 Å². The summed E-state index contributed by atoms with van der Waals surface area (Å²) < 4.78 is 1.25. The van der Waals surface area contributed by atoms with Crippen molar-refractivity contribution in [1.29, 1.82) is 0 Å². The number of benzene rings is 2. The lowest BCUT2D eigenvalue weighted by Gasteiger charge is -2.11. The fourth-order valence-corrected chi connectivity index (χ4v) is 2.57. The van der Waals surface area contributed by atoms with Crippen molar-refractivity contribution >= 4 is 23.2 Å². The highest BCUT2D eigenvalue weighted by molar-refractivity contribution is 6.06. The fourth-order valence-electron chi connectivity index (χ4n) is 2.57. The van der Waals surface area contributed by atoms with Gasteiger partial charge in [-0.3, -0.25) is 19.7 Å². The van der Waals surface area contributed by atoms with E-state index in [1.807, 2.05) is 0 Å². The summed E-state index contributed by atoms with van der Waals surface area (Å²) in [6, 6.07) is 8.94. The Hall–Kier alpha value is -4.08. The number of hydrogen-bond acceptors (Lipinski definition) is 6. The first-order valence-electron chi connectivity index (χ1n) is 8.18. The lowest BCUT2D eigenvalue weighted by molar-refractivity contribution is -0.384. The van der Waals surface area contributed by atoms with Crippen LogP contribution in [-0.2, 0) is 0 Å². The molecule has 1 aromatic heterocycles. The third-order valence-corrected chi connectivity index (χ3v) is 4.07. The minimum Gasteiger partial charge on any atom is -0.355 e. The molecule has 10 heteroatoms. The van der Waals surface area contributed by atoms with E-state index < -0.39 is 10.8 Å². The first-order chi connectivity index (χ1) is 13.4. The van der Waals surface area contributed by atoms with Gasteiger partial charge in [-0.1, -0.05) is 6.07 Å². The molecular weight excluding hydrogens is 364 g/mol. The second-order valence-corrected chi connectivity index (χ2v) is 5.86. The second-order valence-electron chi connectivity index (χ2n) is 5.86. The van der Waals surface area contributed by atoms with Gasteiger partial charge in [-0.05, 0) is 36.8 Å². The molecule has 10 nitrogen and oxygen atoms in total. The smallest absolute Gasteiger partial charge is 0.295 e. The molecule has 0 radical (unpaired) electrons. The molecule has 0 saturated heterocycles. The number of hydrogen-bond donors (Lipinski definition) is 2. The van der Waals surface area contributed by atoms with Crippen molar-refractivity contribution < 1.29 is 14.5 Å². The van der Waals surface area contributed by atoms with E-state index in [4.69, 9.17) is 0 Å². The molecule has 142 valence electrons. The van der Waals surface area contributed by atoms with E-state index in [-0.39, 0.29) is 22.8 Å². The van der Waals surface area contributed by atoms with Gasteiger partial charge in [0.05, 0.1) is 4.92 Å². The molecule has 0 fully saturated rings. The molecule has 0 aliphatic rings. The number of nitro groups is 1. The van der Waals surface area contributed by atoms with Crippen LogP contribution >= 0.6 is 0 Å². The first kappa shape index (κ1) is 18.7. The van der Waals surface area contributed by atoms with Crippen LogP contribution < -0.4 is 10.6 Å². The van der Waals surface area contributed by atoms with Crippen molar-refractivity contribution in [2.24, 2.45) is 0 Å². The summed E-state index contributed by atoms with van der Waals surface area (Å²) in [6.07, 6.45) is 2.59. The summed E-state index contributed by atoms with van der Waals surface area (Å²) in [5.74, 6) is -0.825. The third kappa shape index (κ3) is 3.70. The van der Waals surface area contributed by atoms with Gasteiger partial charge in [-0.15, -0.1) is 0 Å². The summed E-state index contributed by atoms with van der Waals surface area (Å²) in [5, 5.41) is 20.5. The molecule has 3 rings (SSSR count). The third-order valence-electron chi connectivity index (χ3n) is 4.07. The lowest BCUT2D eigenvalue weighted by Crippen LogP contribution is -2.19. The molecule has 28 heavy (non-hydrogen) atoms. The number of anilines is 1. The van der Waals surface area contributed by atoms with E-state index in [2.05, 4.69) is 20.7 Å². The van der Waals surface area contributed by atoms with Crippen molar-refractivity contribution in [1.82, 2.24) is 20.1 Å². The van der Waals surface area contributed by atoms with Gasteiger partial charge in [-0.25, -0.2) is 9.67 Å². The van der Waals surface area contributed by atoms with Crippen LogP contribution in [0.4, 0.5) is 11.4 Å². The van der Waals surface area contributed by atoms with Gasteiger partial charge in [0.15, 0.2) is 0 Å². The number of rotatable bonds is 5. The Morgan fingerprint density at radius 1 is 1.11 bits per heavy atom. The highest BCUT2D eigenvalue weighted by atomic mass is 16.6. The minimum absolute atomic E-state index is 0.0975. The number of aryl methyl sites for hydroxylation is 1. The Labute approximate surface area is 159 Å². The summed E-state index contributed by atoms with van der Waals surface area (Å²) in [4.78, 5) is 39.0. The van der Waals surface area contributed by atoms with Crippen LogP contribution in [0, 0.1) is 17.0 Å². The van der Waals surface area contributed by atoms with Gasteiger partial charge < -0.3 is 10.6 Å². The molecule has 3 aromatic rings. The van der Waals surface area contributed by atoms with Crippen molar-refractivity contribution in [3.63, 3.8) is 0 Å². The van der Waals surface area contributed by atoms with Crippen molar-refractivity contribution in [2.45, 2.75) is 6.92 Å². The van der Waals surface area contributed by atoms with E-state index in [1.165, 1.54) is 42.6 Å². The molecule has 0 bridgehead atoms. The van der Waals surface area contributed by atoms with Gasteiger partial charge in [0.2, 0.25) is 0 Å². The highest BCUT2D eigenvalue weighted by Crippen LogP contribution is 2.25. The van der Waals surface area contributed by atoms with Crippen molar-refractivity contribution in [3.05, 3.63) is 75.9 Å². The molecule has 1 heterocycles. The standard InChI is InChI=1S/C18H16N6O4/c1-11-3-4-12(17(25)19-2)7-14(11)22-18(26)13-5-6-15(16(8-13)24(27)28)23-10-20-9-21-23/h3-10H,1-2H3,(H,19,25)(H,22,26). The maximum Gasteiger partial charge on any atom is 0.295 e. The number of carbonyl (C=O) groups is 2. The van der Waals surface area contributed by atoms with Gasteiger partial charge in [0.25, 0.3) is 17.5 Å². The monoisotopic (exact) mass is 380 g/mol. The Morgan fingerprint density at radius 2 is 1.82 bits per heavy atom. The lowest BCUT2D eigenvalue weighted by atomic mass is 10.1. The van der Waals surface area contributed by atoms with Crippen LogP contribution in [0.3, 0.4) is 0 Å². The molecule has 2 amide bonds. The Bertz CT molecular complexity index is 1060. The predicted octanol–water partition coefficient (Wildman–Crippen LogP) is 2.10. The number of amides is 2. The average molecular weight is 380 g/mol. The summed E-state index contributed by atoms with van der Waals surface area (Å²) in [5.41, 5.74) is 1.57. The zero-order chi connectivity index (χ0) is 20.3. The number of nitrogens with one attached hydrogen (secondary N) is 2. The average Bonchev–Trinajstić information content (AvgIpc) is 3.23. The number of nitrogens with zero attached hydrogens (tertiary/aromatic N) is 4. The molecule has 0 unspecified atom stereocenters. The number of aromatic nitrogens is 3. The molecular formula is C18H16N6O4. The van der Waals surface area contributed by atoms with E-state index in [0.717, 1.165) is 5.56 Å². The van der Waals surface area contributed by atoms with Crippen molar-refractivity contribution in [2.75, 3.05) is 12.4 Å².